The van der Waals surface area contributed by atoms with Gasteiger partial charge >= 0.3 is 0 Å². The maximum atomic E-state index is 11.8. The molecule has 0 bridgehead atoms. The number of nitrogens with two attached hydrogens (primary N) is 1. The molecule has 1 aromatic carbocycles. The number of rotatable bonds is 5. The minimum atomic E-state index is -0.219. The van der Waals surface area contributed by atoms with Crippen LogP contribution in [-0.4, -0.2) is 47.9 Å². The summed E-state index contributed by atoms with van der Waals surface area (Å²) < 4.78 is 0. The van der Waals surface area contributed by atoms with Crippen LogP contribution in [0.2, 0.25) is 0 Å². The molecule has 0 aromatic heterocycles. The summed E-state index contributed by atoms with van der Waals surface area (Å²) in [4.78, 5) is 16.7. The van der Waals surface area contributed by atoms with Crippen molar-refractivity contribution in [3.8, 4) is 0 Å². The van der Waals surface area contributed by atoms with Crippen LogP contribution in [0.25, 0.3) is 0 Å². The molecule has 1 aromatic rings. The van der Waals surface area contributed by atoms with Gasteiger partial charge in [-0.15, -0.1) is 0 Å². The molecule has 1 unspecified atom stereocenters. The number of piperazine rings is 1. The van der Waals surface area contributed by atoms with Crippen LogP contribution < -0.4 is 11.3 Å². The third-order valence-electron chi connectivity index (χ3n) is 4.41. The van der Waals surface area contributed by atoms with E-state index in [-0.39, 0.29) is 5.91 Å². The van der Waals surface area contributed by atoms with Crippen LogP contribution in [-0.2, 0) is 6.54 Å². The largest absolute Gasteiger partial charge is 0.298 e. The highest BCUT2D eigenvalue weighted by Gasteiger charge is 2.21. The monoisotopic (exact) mass is 290 g/mol. The normalized spacial score (nSPS) is 18.4. The molecule has 1 heterocycles. The Morgan fingerprint density at radius 2 is 1.95 bits per heavy atom. The molecule has 5 heteroatoms. The van der Waals surface area contributed by atoms with Gasteiger partial charge in [-0.05, 0) is 25.0 Å². The smallest absolute Gasteiger partial charge is 0.265 e. The number of hydrogen-bond donors (Lipinski definition) is 2. The van der Waals surface area contributed by atoms with Gasteiger partial charge in [-0.25, -0.2) is 5.84 Å². The molecule has 1 amide bonds. The Labute approximate surface area is 127 Å². The van der Waals surface area contributed by atoms with E-state index in [4.69, 9.17) is 5.84 Å². The molecule has 3 N–H and O–H groups in total. The van der Waals surface area contributed by atoms with E-state index >= 15 is 0 Å². The molecule has 1 atom stereocenters. The van der Waals surface area contributed by atoms with E-state index in [2.05, 4.69) is 29.1 Å². The van der Waals surface area contributed by atoms with Gasteiger partial charge in [-0.2, -0.15) is 0 Å². The van der Waals surface area contributed by atoms with Crippen molar-refractivity contribution in [2.24, 2.45) is 5.84 Å². The van der Waals surface area contributed by atoms with Gasteiger partial charge in [-0.3, -0.25) is 20.0 Å². The first-order chi connectivity index (χ1) is 10.2. The molecule has 2 rings (SSSR count). The van der Waals surface area contributed by atoms with Gasteiger partial charge in [0.2, 0.25) is 0 Å². The maximum Gasteiger partial charge on any atom is 0.265 e. The summed E-state index contributed by atoms with van der Waals surface area (Å²) >= 11 is 0. The molecule has 0 radical (unpaired) electrons. The Hall–Kier alpha value is -1.43. The third-order valence-corrected chi connectivity index (χ3v) is 4.41. The lowest BCUT2D eigenvalue weighted by Crippen LogP contribution is -2.49. The number of nitrogens with zero attached hydrogens (tertiary/aromatic N) is 2. The number of amides is 1. The van der Waals surface area contributed by atoms with Crippen molar-refractivity contribution in [2.45, 2.75) is 32.9 Å². The molecule has 116 valence electrons. The molecular weight excluding hydrogens is 264 g/mol. The van der Waals surface area contributed by atoms with E-state index in [9.17, 15) is 4.79 Å². The van der Waals surface area contributed by atoms with Crippen LogP contribution in [0.5, 0.6) is 0 Å². The Balaban J connectivity index is 1.96. The molecule has 21 heavy (non-hydrogen) atoms. The van der Waals surface area contributed by atoms with Crippen molar-refractivity contribution in [1.29, 1.82) is 0 Å². The summed E-state index contributed by atoms with van der Waals surface area (Å²) in [5.74, 6) is 5.03. The summed E-state index contributed by atoms with van der Waals surface area (Å²) in [5, 5.41) is 0. The number of benzene rings is 1. The zero-order valence-electron chi connectivity index (χ0n) is 13.0. The average molecular weight is 290 g/mol. The molecule has 1 saturated heterocycles. The van der Waals surface area contributed by atoms with Crippen LogP contribution in [0.4, 0.5) is 0 Å². The number of hydrogen-bond acceptors (Lipinski definition) is 4. The molecular formula is C16H26N4O. The highest BCUT2D eigenvalue weighted by Crippen LogP contribution is 2.15. The van der Waals surface area contributed by atoms with Crippen molar-refractivity contribution < 1.29 is 4.79 Å². The van der Waals surface area contributed by atoms with Gasteiger partial charge in [-0.1, -0.05) is 25.1 Å². The second-order valence-electron chi connectivity index (χ2n) is 5.70. The van der Waals surface area contributed by atoms with Crippen LogP contribution >= 0.6 is 0 Å². The fourth-order valence-corrected chi connectivity index (χ4v) is 2.82. The predicted molar refractivity (Wildman–Crippen MR) is 84.7 cm³/mol. The number of nitrogen functional groups attached to an aromatic ring is 1. The Morgan fingerprint density at radius 3 is 2.57 bits per heavy atom. The summed E-state index contributed by atoms with van der Waals surface area (Å²) in [6, 6.07) is 8.33. The van der Waals surface area contributed by atoms with Crippen molar-refractivity contribution in [2.75, 3.05) is 26.2 Å². The van der Waals surface area contributed by atoms with Crippen molar-refractivity contribution >= 4 is 5.91 Å². The van der Waals surface area contributed by atoms with Gasteiger partial charge in [0.1, 0.15) is 0 Å². The number of carbonyl (C=O) groups is 1. The number of hydrazine groups is 1. The zero-order valence-corrected chi connectivity index (χ0v) is 13.0. The molecule has 1 fully saturated rings. The molecule has 1 aliphatic heterocycles. The van der Waals surface area contributed by atoms with Crippen molar-refractivity contribution in [1.82, 2.24) is 15.2 Å². The van der Waals surface area contributed by atoms with Crippen LogP contribution in [0.1, 0.15) is 36.2 Å². The summed E-state index contributed by atoms with van der Waals surface area (Å²) in [6.07, 6.45) is 1.19. The first-order valence-corrected chi connectivity index (χ1v) is 7.71. The van der Waals surface area contributed by atoms with E-state index in [1.54, 1.807) is 0 Å². The second-order valence-corrected chi connectivity index (χ2v) is 5.70. The molecule has 0 spiro atoms. The quantitative estimate of drug-likeness (QED) is 0.486. The van der Waals surface area contributed by atoms with E-state index in [1.165, 1.54) is 6.42 Å². The molecule has 0 aliphatic carbocycles. The van der Waals surface area contributed by atoms with Gasteiger partial charge in [0.25, 0.3) is 5.91 Å². The topological polar surface area (TPSA) is 61.6 Å². The highest BCUT2D eigenvalue weighted by molar-refractivity contribution is 5.95. The van der Waals surface area contributed by atoms with Crippen LogP contribution in [0, 0.1) is 0 Å². The summed E-state index contributed by atoms with van der Waals surface area (Å²) in [7, 11) is 0. The van der Waals surface area contributed by atoms with Crippen LogP contribution in [0.15, 0.2) is 24.3 Å². The third kappa shape index (κ3) is 4.03. The first-order valence-electron chi connectivity index (χ1n) is 7.71. The van der Waals surface area contributed by atoms with Gasteiger partial charge < -0.3 is 0 Å². The Kier molecular flexibility index (Phi) is 5.73. The standard InChI is InChI=1S/C16H26N4O/c1-3-13(2)20-10-8-19(9-11-20)12-14-6-4-5-7-15(14)16(21)18-17/h4-7,13H,3,8-12,17H2,1-2H3,(H,18,21). The lowest BCUT2D eigenvalue weighted by molar-refractivity contribution is 0.0926. The zero-order chi connectivity index (χ0) is 15.2. The number of nitrogens with one attached hydrogen (secondary N) is 1. The maximum absolute atomic E-state index is 11.8. The van der Waals surface area contributed by atoms with Gasteiger partial charge in [0.15, 0.2) is 0 Å². The molecule has 5 nitrogen and oxygen atoms in total. The SMILES string of the molecule is CCC(C)N1CCN(Cc2ccccc2C(=O)NN)CC1. The van der Waals surface area contributed by atoms with E-state index < -0.39 is 0 Å². The summed E-state index contributed by atoms with van der Waals surface area (Å²) in [5.41, 5.74) is 3.93. The molecule has 0 saturated carbocycles. The van der Waals surface area contributed by atoms with Gasteiger partial charge in [0, 0.05) is 44.3 Å². The van der Waals surface area contributed by atoms with Crippen molar-refractivity contribution in [3.05, 3.63) is 35.4 Å². The van der Waals surface area contributed by atoms with Crippen molar-refractivity contribution in [3.63, 3.8) is 0 Å². The fraction of sp³-hybridized carbons (Fsp3) is 0.562. The predicted octanol–water partition coefficient (Wildman–Crippen LogP) is 1.21. The van der Waals surface area contributed by atoms with E-state index in [1.807, 2.05) is 24.3 Å². The first kappa shape index (κ1) is 15.9. The highest BCUT2D eigenvalue weighted by atomic mass is 16.2. The second kappa shape index (κ2) is 7.54. The van der Waals surface area contributed by atoms with E-state index in [0.29, 0.717) is 11.6 Å². The van der Waals surface area contributed by atoms with E-state index in [0.717, 1.165) is 38.3 Å². The number of carbonyl (C=O) groups excluding carboxylic acids is 1. The summed E-state index contributed by atoms with van der Waals surface area (Å²) in [6.45, 7) is 9.61. The Bertz CT molecular complexity index is 469. The minimum absolute atomic E-state index is 0.219. The Morgan fingerprint density at radius 1 is 1.29 bits per heavy atom. The van der Waals surface area contributed by atoms with Crippen LogP contribution in [0.3, 0.4) is 0 Å². The van der Waals surface area contributed by atoms with Gasteiger partial charge in [0.05, 0.1) is 0 Å². The molecule has 1 aliphatic rings. The minimum Gasteiger partial charge on any atom is -0.298 e. The lowest BCUT2D eigenvalue weighted by Gasteiger charge is -2.38. The fourth-order valence-electron chi connectivity index (χ4n) is 2.82. The lowest BCUT2D eigenvalue weighted by atomic mass is 10.1. The average Bonchev–Trinajstić information content (AvgIpc) is 2.54.